The maximum absolute atomic E-state index is 12.3. The zero-order chi connectivity index (χ0) is 20.5. The second-order valence-electron chi connectivity index (χ2n) is 7.29. The number of rotatable bonds is 9. The number of aryl methyl sites for hydroxylation is 3. The molecule has 0 saturated carbocycles. The van der Waals surface area contributed by atoms with Gasteiger partial charge in [-0.1, -0.05) is 55.0 Å². The second-order valence-corrected chi connectivity index (χ2v) is 7.29. The Morgan fingerprint density at radius 3 is 2.21 bits per heavy atom. The van der Waals surface area contributed by atoms with Crippen molar-refractivity contribution in [2.45, 2.75) is 40.7 Å². The van der Waals surface area contributed by atoms with Gasteiger partial charge in [-0.25, -0.2) is 0 Å². The Hall–Kier alpha value is -2.66. The molecule has 0 saturated heterocycles. The fraction of sp³-hybridized carbons (Fsp3) is 0.391. The van der Waals surface area contributed by atoms with Crippen LogP contribution in [-0.4, -0.2) is 36.3 Å². The van der Waals surface area contributed by atoms with Crippen LogP contribution in [0.25, 0.3) is 0 Å². The van der Waals surface area contributed by atoms with Gasteiger partial charge in [0.15, 0.2) is 0 Å². The lowest BCUT2D eigenvalue weighted by molar-refractivity contribution is -0.125. The number of carbonyl (C=O) groups is 2. The molecule has 0 aromatic heterocycles. The minimum absolute atomic E-state index is 0.0309. The highest BCUT2D eigenvalue weighted by Gasteiger charge is 2.13. The molecular weight excluding hydrogens is 350 g/mol. The topological polar surface area (TPSA) is 61.4 Å². The van der Waals surface area contributed by atoms with Crippen molar-refractivity contribution in [3.05, 3.63) is 64.7 Å². The number of carbonyl (C=O) groups excluding carboxylic acids is 2. The zero-order valence-corrected chi connectivity index (χ0v) is 17.3. The van der Waals surface area contributed by atoms with Gasteiger partial charge in [-0.3, -0.25) is 14.5 Å². The van der Waals surface area contributed by atoms with E-state index in [1.165, 1.54) is 5.56 Å². The van der Waals surface area contributed by atoms with E-state index in [4.69, 9.17) is 0 Å². The van der Waals surface area contributed by atoms with E-state index in [-0.39, 0.29) is 24.9 Å². The van der Waals surface area contributed by atoms with Crippen LogP contribution in [0.15, 0.2) is 42.5 Å². The summed E-state index contributed by atoms with van der Waals surface area (Å²) in [7, 11) is 0. The van der Waals surface area contributed by atoms with E-state index < -0.39 is 0 Å². The number of amides is 2. The number of nitrogens with zero attached hydrogens (tertiary/aromatic N) is 1. The molecule has 2 N–H and O–H groups in total. The fourth-order valence-corrected chi connectivity index (χ4v) is 3.37. The van der Waals surface area contributed by atoms with Gasteiger partial charge in [0, 0.05) is 12.2 Å². The molecule has 0 unspecified atom stereocenters. The molecule has 0 spiro atoms. The van der Waals surface area contributed by atoms with E-state index in [0.29, 0.717) is 0 Å². The summed E-state index contributed by atoms with van der Waals surface area (Å²) in [4.78, 5) is 26.7. The van der Waals surface area contributed by atoms with Gasteiger partial charge in [-0.15, -0.1) is 0 Å². The molecule has 0 heterocycles. The van der Waals surface area contributed by atoms with Crippen LogP contribution in [0.5, 0.6) is 0 Å². The van der Waals surface area contributed by atoms with E-state index in [0.717, 1.165) is 41.9 Å². The Balaban J connectivity index is 1.85. The monoisotopic (exact) mass is 381 g/mol. The summed E-state index contributed by atoms with van der Waals surface area (Å²) in [6.07, 6.45) is 0.965. The highest BCUT2D eigenvalue weighted by Crippen LogP contribution is 2.21. The van der Waals surface area contributed by atoms with Crippen molar-refractivity contribution in [2.75, 3.05) is 25.0 Å². The summed E-state index contributed by atoms with van der Waals surface area (Å²) < 4.78 is 0. The molecule has 2 aromatic rings. The molecule has 2 rings (SSSR count). The van der Waals surface area contributed by atoms with E-state index >= 15 is 0 Å². The van der Waals surface area contributed by atoms with Crippen molar-refractivity contribution in [1.82, 2.24) is 10.2 Å². The molecule has 0 fully saturated rings. The van der Waals surface area contributed by atoms with Gasteiger partial charge in [-0.2, -0.15) is 0 Å². The van der Waals surface area contributed by atoms with Gasteiger partial charge in [0.2, 0.25) is 11.8 Å². The molecule has 0 aliphatic rings. The fourth-order valence-electron chi connectivity index (χ4n) is 3.37. The smallest absolute Gasteiger partial charge is 0.243 e. The lowest BCUT2D eigenvalue weighted by Gasteiger charge is -2.21. The summed E-state index contributed by atoms with van der Waals surface area (Å²) in [6.45, 7) is 9.86. The largest absolute Gasteiger partial charge is 0.346 e. The lowest BCUT2D eigenvalue weighted by Crippen LogP contribution is -2.40. The van der Waals surface area contributed by atoms with Crippen LogP contribution in [0, 0.1) is 20.8 Å². The molecular formula is C23H31N3O2. The van der Waals surface area contributed by atoms with Crippen molar-refractivity contribution >= 4 is 17.5 Å². The quantitative estimate of drug-likeness (QED) is 0.698. The second kappa shape index (κ2) is 10.6. The van der Waals surface area contributed by atoms with Crippen LogP contribution in [0.3, 0.4) is 0 Å². The average Bonchev–Trinajstić information content (AvgIpc) is 2.64. The van der Waals surface area contributed by atoms with Crippen LogP contribution in [0.2, 0.25) is 0 Å². The van der Waals surface area contributed by atoms with Crippen molar-refractivity contribution < 1.29 is 9.59 Å². The third-order valence-electron chi connectivity index (χ3n) is 4.54. The highest BCUT2D eigenvalue weighted by atomic mass is 16.2. The summed E-state index contributed by atoms with van der Waals surface area (Å²) in [5, 5.41) is 5.65. The van der Waals surface area contributed by atoms with Crippen molar-refractivity contribution in [2.24, 2.45) is 0 Å². The predicted octanol–water partition coefficient (Wildman–Crippen LogP) is 3.58. The molecule has 150 valence electrons. The molecule has 2 amide bonds. The van der Waals surface area contributed by atoms with Crippen LogP contribution in [0.4, 0.5) is 5.69 Å². The van der Waals surface area contributed by atoms with Crippen molar-refractivity contribution in [3.63, 3.8) is 0 Å². The normalized spacial score (nSPS) is 10.8. The number of benzene rings is 2. The molecule has 0 aliphatic heterocycles. The molecule has 0 aliphatic carbocycles. The summed E-state index contributed by atoms with van der Waals surface area (Å²) in [5.41, 5.74) is 5.20. The third-order valence-corrected chi connectivity index (χ3v) is 4.54. The first-order chi connectivity index (χ1) is 13.4. The Morgan fingerprint density at radius 1 is 0.964 bits per heavy atom. The highest BCUT2D eigenvalue weighted by molar-refractivity contribution is 5.96. The molecule has 0 radical (unpaired) electrons. The lowest BCUT2D eigenvalue weighted by atomic mass is 10.1. The van der Waals surface area contributed by atoms with E-state index in [9.17, 15) is 9.59 Å². The SMILES string of the molecule is CCCN(CC(=O)NCC(=O)Nc1c(C)cc(C)cc1C)Cc1ccccc1. The minimum atomic E-state index is -0.214. The summed E-state index contributed by atoms with van der Waals surface area (Å²) in [6, 6.07) is 14.2. The third kappa shape index (κ3) is 6.82. The minimum Gasteiger partial charge on any atom is -0.346 e. The molecule has 0 atom stereocenters. The standard InChI is InChI=1S/C23H31N3O2/c1-5-11-26(15-20-9-7-6-8-10-20)16-22(28)24-14-21(27)25-23-18(3)12-17(2)13-19(23)4/h6-10,12-13H,5,11,14-16H2,1-4H3,(H,24,28)(H,25,27). The zero-order valence-electron chi connectivity index (χ0n) is 17.3. The number of hydrogen-bond acceptors (Lipinski definition) is 3. The Bertz CT molecular complexity index is 780. The van der Waals surface area contributed by atoms with Crippen LogP contribution < -0.4 is 10.6 Å². The van der Waals surface area contributed by atoms with Gasteiger partial charge in [0.05, 0.1) is 13.1 Å². The Kier molecular flexibility index (Phi) is 8.20. The summed E-state index contributed by atoms with van der Waals surface area (Å²) >= 11 is 0. The predicted molar refractivity (Wildman–Crippen MR) is 114 cm³/mol. The number of nitrogens with one attached hydrogen (secondary N) is 2. The molecule has 5 nitrogen and oxygen atoms in total. The molecule has 28 heavy (non-hydrogen) atoms. The maximum atomic E-state index is 12.3. The van der Waals surface area contributed by atoms with Gasteiger partial charge < -0.3 is 10.6 Å². The van der Waals surface area contributed by atoms with Crippen molar-refractivity contribution in [3.8, 4) is 0 Å². The molecule has 0 bridgehead atoms. The maximum Gasteiger partial charge on any atom is 0.243 e. The first-order valence-corrected chi connectivity index (χ1v) is 9.79. The first-order valence-electron chi connectivity index (χ1n) is 9.79. The van der Waals surface area contributed by atoms with E-state index in [2.05, 4.69) is 34.6 Å². The Morgan fingerprint density at radius 2 is 1.61 bits per heavy atom. The molecule has 5 heteroatoms. The Labute approximate surface area is 168 Å². The van der Waals surface area contributed by atoms with Gasteiger partial charge in [-0.05, 0) is 50.4 Å². The van der Waals surface area contributed by atoms with Crippen molar-refractivity contribution in [1.29, 1.82) is 0 Å². The molecule has 2 aromatic carbocycles. The first kappa shape index (κ1) is 21.6. The van der Waals surface area contributed by atoms with Gasteiger partial charge in [0.1, 0.15) is 0 Å². The average molecular weight is 382 g/mol. The van der Waals surface area contributed by atoms with Crippen LogP contribution >= 0.6 is 0 Å². The summed E-state index contributed by atoms with van der Waals surface area (Å²) in [5.74, 6) is -0.356. The van der Waals surface area contributed by atoms with E-state index in [1.807, 2.05) is 51.1 Å². The van der Waals surface area contributed by atoms with Gasteiger partial charge >= 0.3 is 0 Å². The number of anilines is 1. The van der Waals surface area contributed by atoms with Crippen LogP contribution in [0.1, 0.15) is 35.6 Å². The number of hydrogen-bond donors (Lipinski definition) is 2. The van der Waals surface area contributed by atoms with E-state index in [1.54, 1.807) is 0 Å². The van der Waals surface area contributed by atoms with Gasteiger partial charge in [0.25, 0.3) is 0 Å². The van der Waals surface area contributed by atoms with Crippen LogP contribution in [-0.2, 0) is 16.1 Å².